The summed E-state index contributed by atoms with van der Waals surface area (Å²) in [6, 6.07) is -0.0165. The van der Waals surface area contributed by atoms with E-state index < -0.39 is 0 Å². The predicted molar refractivity (Wildman–Crippen MR) is 45.2 cm³/mol. The van der Waals surface area contributed by atoms with Crippen LogP contribution >= 0.6 is 12.6 Å². The summed E-state index contributed by atoms with van der Waals surface area (Å²) in [4.78, 5) is 0. The van der Waals surface area contributed by atoms with E-state index in [1.54, 1.807) is 0 Å². The van der Waals surface area contributed by atoms with Gasteiger partial charge in [-0.05, 0) is 19.3 Å². The lowest BCUT2D eigenvalue weighted by Crippen LogP contribution is -2.34. The second-order valence-electron chi connectivity index (χ2n) is 3.05. The minimum atomic E-state index is -0.329. The lowest BCUT2D eigenvalue weighted by Gasteiger charge is -2.15. The predicted octanol–water partition coefficient (Wildman–Crippen LogP) is 0.547. The summed E-state index contributed by atoms with van der Waals surface area (Å²) in [5.74, 6) is 0. The number of aliphatic hydroxyl groups is 1. The van der Waals surface area contributed by atoms with Gasteiger partial charge >= 0.3 is 0 Å². The zero-order valence-corrected chi connectivity index (χ0v) is 6.93. The van der Waals surface area contributed by atoms with Gasteiger partial charge in [-0.1, -0.05) is 6.42 Å². The van der Waals surface area contributed by atoms with Gasteiger partial charge in [0, 0.05) is 11.3 Å². The highest BCUT2D eigenvalue weighted by Crippen LogP contribution is 2.20. The van der Waals surface area contributed by atoms with Crippen molar-refractivity contribution in [2.24, 2.45) is 5.73 Å². The summed E-state index contributed by atoms with van der Waals surface area (Å²) in [6.07, 6.45) is 3.56. The highest BCUT2D eigenvalue weighted by atomic mass is 32.1. The van der Waals surface area contributed by atoms with E-state index in [4.69, 9.17) is 5.73 Å². The molecule has 1 aliphatic rings. The average Bonchev–Trinajstić information content (AvgIpc) is 1.96. The average molecular weight is 161 g/mol. The maximum absolute atomic E-state index is 9.35. The fourth-order valence-electron chi connectivity index (χ4n) is 1.35. The third kappa shape index (κ3) is 2.15. The van der Waals surface area contributed by atoms with E-state index in [0.717, 1.165) is 25.7 Å². The second-order valence-corrected chi connectivity index (χ2v) is 3.78. The number of hydrogen-bond acceptors (Lipinski definition) is 3. The second kappa shape index (κ2) is 3.60. The summed E-state index contributed by atoms with van der Waals surface area (Å²) >= 11 is 4.31. The molecule has 0 radical (unpaired) electrons. The Bertz CT molecular complexity index is 110. The molecule has 0 aliphatic heterocycles. The van der Waals surface area contributed by atoms with Gasteiger partial charge < -0.3 is 10.8 Å². The van der Waals surface area contributed by atoms with Crippen molar-refractivity contribution in [1.29, 1.82) is 0 Å². The van der Waals surface area contributed by atoms with Crippen molar-refractivity contribution in [1.82, 2.24) is 0 Å². The molecule has 1 aliphatic carbocycles. The first-order valence-corrected chi connectivity index (χ1v) is 4.33. The topological polar surface area (TPSA) is 46.2 Å². The molecule has 3 unspecified atom stereocenters. The van der Waals surface area contributed by atoms with E-state index in [0.29, 0.717) is 5.25 Å². The molecule has 0 heterocycles. The summed E-state index contributed by atoms with van der Waals surface area (Å²) in [5, 5.41) is 9.70. The standard InChI is InChI=1S/C7H15NOS/c8-6-3-1-2-5(10)4-7(6)9/h5-7,9-10H,1-4,8H2. The van der Waals surface area contributed by atoms with Crippen molar-refractivity contribution in [2.45, 2.75) is 43.1 Å². The Balaban J connectivity index is 2.41. The van der Waals surface area contributed by atoms with Crippen molar-refractivity contribution in [3.8, 4) is 0 Å². The highest BCUT2D eigenvalue weighted by molar-refractivity contribution is 7.80. The summed E-state index contributed by atoms with van der Waals surface area (Å²) < 4.78 is 0. The molecule has 0 aromatic rings. The molecule has 60 valence electrons. The molecule has 0 bridgehead atoms. The van der Waals surface area contributed by atoms with Gasteiger partial charge in [-0.2, -0.15) is 12.6 Å². The molecule has 2 nitrogen and oxygen atoms in total. The lowest BCUT2D eigenvalue weighted by molar-refractivity contribution is 0.138. The van der Waals surface area contributed by atoms with Gasteiger partial charge in [-0.25, -0.2) is 0 Å². The maximum atomic E-state index is 9.35. The SMILES string of the molecule is NC1CCCC(S)CC1O. The molecule has 0 spiro atoms. The molecule has 3 heteroatoms. The van der Waals surface area contributed by atoms with Gasteiger partial charge in [0.25, 0.3) is 0 Å². The van der Waals surface area contributed by atoms with Gasteiger partial charge in [0.2, 0.25) is 0 Å². The van der Waals surface area contributed by atoms with Gasteiger partial charge in [0.1, 0.15) is 0 Å². The van der Waals surface area contributed by atoms with Crippen molar-refractivity contribution in [3.05, 3.63) is 0 Å². The summed E-state index contributed by atoms with van der Waals surface area (Å²) in [7, 11) is 0. The Hall–Kier alpha value is 0.270. The third-order valence-electron chi connectivity index (χ3n) is 2.08. The normalized spacial score (nSPS) is 42.9. The van der Waals surface area contributed by atoms with Crippen LogP contribution in [0.25, 0.3) is 0 Å². The van der Waals surface area contributed by atoms with E-state index >= 15 is 0 Å². The smallest absolute Gasteiger partial charge is 0.0701 e. The monoisotopic (exact) mass is 161 g/mol. The van der Waals surface area contributed by atoms with Crippen LogP contribution in [0.2, 0.25) is 0 Å². The zero-order chi connectivity index (χ0) is 7.56. The van der Waals surface area contributed by atoms with Crippen LogP contribution in [0.4, 0.5) is 0 Å². The fourth-order valence-corrected chi connectivity index (χ4v) is 1.75. The molecule has 0 aromatic carbocycles. The summed E-state index contributed by atoms with van der Waals surface area (Å²) in [5.41, 5.74) is 5.66. The van der Waals surface area contributed by atoms with Crippen LogP contribution in [0, 0.1) is 0 Å². The largest absolute Gasteiger partial charge is 0.391 e. The Kier molecular flexibility index (Phi) is 3.01. The Morgan fingerprint density at radius 2 is 2.10 bits per heavy atom. The van der Waals surface area contributed by atoms with Crippen molar-refractivity contribution >= 4 is 12.6 Å². The Labute approximate surface area is 67.2 Å². The Morgan fingerprint density at radius 3 is 2.80 bits per heavy atom. The van der Waals surface area contributed by atoms with Gasteiger partial charge in [0.05, 0.1) is 6.10 Å². The number of aliphatic hydroxyl groups excluding tert-OH is 1. The van der Waals surface area contributed by atoms with E-state index in [1.807, 2.05) is 0 Å². The van der Waals surface area contributed by atoms with Gasteiger partial charge in [-0.3, -0.25) is 0 Å². The first-order chi connectivity index (χ1) is 4.70. The van der Waals surface area contributed by atoms with E-state index in [2.05, 4.69) is 12.6 Å². The Morgan fingerprint density at radius 1 is 1.40 bits per heavy atom. The first kappa shape index (κ1) is 8.37. The number of nitrogens with two attached hydrogens (primary N) is 1. The molecular weight excluding hydrogens is 146 g/mol. The first-order valence-electron chi connectivity index (χ1n) is 3.82. The van der Waals surface area contributed by atoms with Crippen LogP contribution in [0.1, 0.15) is 25.7 Å². The van der Waals surface area contributed by atoms with Crippen molar-refractivity contribution in [2.75, 3.05) is 0 Å². The zero-order valence-electron chi connectivity index (χ0n) is 6.03. The highest BCUT2D eigenvalue weighted by Gasteiger charge is 2.21. The van der Waals surface area contributed by atoms with Crippen LogP contribution in [-0.4, -0.2) is 22.5 Å². The maximum Gasteiger partial charge on any atom is 0.0701 e. The molecule has 3 atom stereocenters. The molecule has 0 aromatic heterocycles. The van der Waals surface area contributed by atoms with Crippen LogP contribution in [0.15, 0.2) is 0 Å². The number of hydrogen-bond donors (Lipinski definition) is 3. The molecule has 0 amide bonds. The molecule has 1 fully saturated rings. The van der Waals surface area contributed by atoms with Crippen LogP contribution in [0.5, 0.6) is 0 Å². The van der Waals surface area contributed by atoms with E-state index in [1.165, 1.54) is 0 Å². The van der Waals surface area contributed by atoms with Gasteiger partial charge in [-0.15, -0.1) is 0 Å². The molecule has 1 saturated carbocycles. The molecular formula is C7H15NOS. The molecule has 1 rings (SSSR count). The van der Waals surface area contributed by atoms with Crippen molar-refractivity contribution < 1.29 is 5.11 Å². The lowest BCUT2D eigenvalue weighted by atomic mass is 10.1. The fraction of sp³-hybridized carbons (Fsp3) is 1.00. The number of rotatable bonds is 0. The van der Waals surface area contributed by atoms with Crippen molar-refractivity contribution in [3.63, 3.8) is 0 Å². The molecule has 10 heavy (non-hydrogen) atoms. The molecule has 0 saturated heterocycles. The minimum Gasteiger partial charge on any atom is -0.391 e. The van der Waals surface area contributed by atoms with Crippen LogP contribution in [-0.2, 0) is 0 Å². The summed E-state index contributed by atoms with van der Waals surface area (Å²) in [6.45, 7) is 0. The quantitative estimate of drug-likeness (QED) is 0.359. The minimum absolute atomic E-state index is 0.0165. The van der Waals surface area contributed by atoms with Crippen LogP contribution < -0.4 is 5.73 Å². The van der Waals surface area contributed by atoms with E-state index in [-0.39, 0.29) is 12.1 Å². The number of thiol groups is 1. The van der Waals surface area contributed by atoms with Crippen LogP contribution in [0.3, 0.4) is 0 Å². The molecule has 3 N–H and O–H groups in total. The third-order valence-corrected chi connectivity index (χ3v) is 2.55. The van der Waals surface area contributed by atoms with E-state index in [9.17, 15) is 5.11 Å². The van der Waals surface area contributed by atoms with Gasteiger partial charge in [0.15, 0.2) is 0 Å².